The summed E-state index contributed by atoms with van der Waals surface area (Å²) in [6, 6.07) is 11.0. The first kappa shape index (κ1) is 19.3. The van der Waals surface area contributed by atoms with Crippen LogP contribution < -0.4 is 25.1 Å². The number of carbonyl (C=O) groups excluding carboxylic acids is 2. The minimum atomic E-state index is -0.464. The van der Waals surface area contributed by atoms with Gasteiger partial charge in [0.25, 0.3) is 11.8 Å². The Bertz CT molecular complexity index is 908. The topological polar surface area (TPSA) is 85.9 Å². The lowest BCUT2D eigenvalue weighted by atomic mass is 10.1. The van der Waals surface area contributed by atoms with Crippen LogP contribution in [0.15, 0.2) is 42.5 Å². The zero-order valence-corrected chi connectivity index (χ0v) is 15.8. The third-order valence-electron chi connectivity index (χ3n) is 4.17. The Morgan fingerprint density at radius 1 is 1.00 bits per heavy atom. The van der Waals surface area contributed by atoms with Crippen LogP contribution in [0, 0.1) is 13.8 Å². The van der Waals surface area contributed by atoms with Crippen molar-refractivity contribution in [1.82, 2.24) is 10.9 Å². The molecule has 0 fully saturated rings. The maximum atomic E-state index is 11.9. The molecule has 7 heteroatoms. The molecule has 0 aliphatic carbocycles. The van der Waals surface area contributed by atoms with Gasteiger partial charge in [0.05, 0.1) is 0 Å². The fraction of sp³-hybridized carbons (Fsp3) is 0.238. The summed E-state index contributed by atoms with van der Waals surface area (Å²) >= 11 is 0. The predicted molar refractivity (Wildman–Crippen MR) is 104 cm³/mol. The van der Waals surface area contributed by atoms with E-state index >= 15 is 0 Å². The third-order valence-corrected chi connectivity index (χ3v) is 4.17. The van der Waals surface area contributed by atoms with Crippen molar-refractivity contribution in [2.75, 3.05) is 19.8 Å². The minimum Gasteiger partial charge on any atom is -0.486 e. The van der Waals surface area contributed by atoms with Crippen molar-refractivity contribution >= 4 is 17.9 Å². The van der Waals surface area contributed by atoms with Gasteiger partial charge in [0.1, 0.15) is 19.0 Å². The summed E-state index contributed by atoms with van der Waals surface area (Å²) in [7, 11) is 0. The van der Waals surface area contributed by atoms with Gasteiger partial charge in [-0.1, -0.05) is 12.1 Å². The molecule has 2 amide bonds. The molecule has 3 rings (SSSR count). The number of fused-ring (bicyclic) bond motifs is 1. The molecule has 0 saturated carbocycles. The summed E-state index contributed by atoms with van der Waals surface area (Å²) in [4.78, 5) is 23.7. The van der Waals surface area contributed by atoms with Crippen LogP contribution >= 0.6 is 0 Å². The Morgan fingerprint density at radius 3 is 2.57 bits per heavy atom. The Morgan fingerprint density at radius 2 is 1.79 bits per heavy atom. The summed E-state index contributed by atoms with van der Waals surface area (Å²) in [5, 5.41) is 0. The molecule has 0 saturated heterocycles. The van der Waals surface area contributed by atoms with Crippen LogP contribution in [0.5, 0.6) is 17.2 Å². The van der Waals surface area contributed by atoms with Gasteiger partial charge in [0.2, 0.25) is 0 Å². The van der Waals surface area contributed by atoms with Crippen molar-refractivity contribution in [1.29, 1.82) is 0 Å². The summed E-state index contributed by atoms with van der Waals surface area (Å²) < 4.78 is 16.4. The van der Waals surface area contributed by atoms with E-state index in [2.05, 4.69) is 10.9 Å². The first-order chi connectivity index (χ1) is 13.5. The van der Waals surface area contributed by atoms with Crippen LogP contribution in [0.1, 0.15) is 16.7 Å². The van der Waals surface area contributed by atoms with E-state index in [-0.39, 0.29) is 6.61 Å². The molecule has 2 aromatic rings. The van der Waals surface area contributed by atoms with Crippen LogP contribution in [0.3, 0.4) is 0 Å². The third kappa shape index (κ3) is 5.26. The van der Waals surface area contributed by atoms with E-state index in [0.717, 1.165) is 16.7 Å². The smallest absolute Gasteiger partial charge is 0.276 e. The van der Waals surface area contributed by atoms with Crippen LogP contribution in [-0.4, -0.2) is 31.6 Å². The van der Waals surface area contributed by atoms with Gasteiger partial charge in [-0.2, -0.15) is 0 Å². The number of aryl methyl sites for hydroxylation is 2. The molecule has 0 spiro atoms. The highest BCUT2D eigenvalue weighted by molar-refractivity contribution is 5.93. The summed E-state index contributed by atoms with van der Waals surface area (Å²) in [6.45, 7) is 4.79. The first-order valence-electron chi connectivity index (χ1n) is 8.88. The zero-order valence-electron chi connectivity index (χ0n) is 15.8. The average molecular weight is 382 g/mol. The fourth-order valence-corrected chi connectivity index (χ4v) is 2.50. The molecule has 1 aliphatic heterocycles. The largest absolute Gasteiger partial charge is 0.486 e. The van der Waals surface area contributed by atoms with Gasteiger partial charge in [0, 0.05) is 6.08 Å². The van der Waals surface area contributed by atoms with Gasteiger partial charge in [-0.25, -0.2) is 0 Å². The molecule has 0 bridgehead atoms. The number of hydrogen-bond donors (Lipinski definition) is 2. The molecule has 1 heterocycles. The van der Waals surface area contributed by atoms with Gasteiger partial charge >= 0.3 is 0 Å². The van der Waals surface area contributed by atoms with Gasteiger partial charge in [0.15, 0.2) is 18.1 Å². The Kier molecular flexibility index (Phi) is 6.16. The van der Waals surface area contributed by atoms with Gasteiger partial charge in [-0.3, -0.25) is 20.4 Å². The van der Waals surface area contributed by atoms with Crippen LogP contribution in [-0.2, 0) is 9.59 Å². The average Bonchev–Trinajstić information content (AvgIpc) is 2.71. The molecule has 146 valence electrons. The molecule has 0 radical (unpaired) electrons. The van der Waals surface area contributed by atoms with E-state index < -0.39 is 11.8 Å². The molecule has 0 unspecified atom stereocenters. The summed E-state index contributed by atoms with van der Waals surface area (Å²) in [6.07, 6.45) is 2.93. The van der Waals surface area contributed by atoms with Crippen molar-refractivity contribution in [3.05, 3.63) is 59.2 Å². The monoisotopic (exact) mass is 382 g/mol. The van der Waals surface area contributed by atoms with Gasteiger partial charge in [-0.15, -0.1) is 0 Å². The molecule has 0 atom stereocenters. The van der Waals surface area contributed by atoms with E-state index in [1.165, 1.54) is 6.08 Å². The van der Waals surface area contributed by atoms with E-state index in [4.69, 9.17) is 14.2 Å². The normalized spacial score (nSPS) is 12.5. The van der Waals surface area contributed by atoms with E-state index in [1.807, 2.05) is 32.0 Å². The quantitative estimate of drug-likeness (QED) is 0.612. The summed E-state index contributed by atoms with van der Waals surface area (Å²) in [5.74, 6) is 1.01. The zero-order chi connectivity index (χ0) is 19.9. The number of amides is 2. The van der Waals surface area contributed by atoms with Crippen molar-refractivity contribution in [2.45, 2.75) is 13.8 Å². The standard InChI is InChI=1S/C21H22N2O5/c1-14-3-6-17(11-15(14)2)28-13-21(25)23-22-20(24)8-5-16-4-7-18-19(12-16)27-10-9-26-18/h3-8,11-12H,9-10,13H2,1-2H3,(H,22,24)(H,23,25)/b8-5+. The second kappa shape index (κ2) is 8.94. The second-order valence-electron chi connectivity index (χ2n) is 6.31. The Labute approximate surface area is 163 Å². The number of hydrogen-bond acceptors (Lipinski definition) is 5. The van der Waals surface area contributed by atoms with Crippen molar-refractivity contribution in [3.63, 3.8) is 0 Å². The van der Waals surface area contributed by atoms with Crippen molar-refractivity contribution in [2.24, 2.45) is 0 Å². The fourth-order valence-electron chi connectivity index (χ4n) is 2.50. The number of rotatable bonds is 5. The molecule has 2 N–H and O–H groups in total. The molecular formula is C21H22N2O5. The maximum Gasteiger partial charge on any atom is 0.276 e. The number of hydrazine groups is 1. The van der Waals surface area contributed by atoms with Crippen LogP contribution in [0.2, 0.25) is 0 Å². The summed E-state index contributed by atoms with van der Waals surface area (Å²) in [5.41, 5.74) is 7.62. The van der Waals surface area contributed by atoms with Crippen molar-refractivity contribution < 1.29 is 23.8 Å². The lowest BCUT2D eigenvalue weighted by molar-refractivity contribution is -0.128. The van der Waals surface area contributed by atoms with E-state index in [9.17, 15) is 9.59 Å². The number of ether oxygens (including phenoxy) is 3. The van der Waals surface area contributed by atoms with Crippen molar-refractivity contribution in [3.8, 4) is 17.2 Å². The highest BCUT2D eigenvalue weighted by Crippen LogP contribution is 2.31. The Balaban J connectivity index is 1.43. The van der Waals surface area contributed by atoms with Gasteiger partial charge in [-0.05, 0) is 60.9 Å². The van der Waals surface area contributed by atoms with Gasteiger partial charge < -0.3 is 14.2 Å². The lowest BCUT2D eigenvalue weighted by Gasteiger charge is -2.18. The second-order valence-corrected chi connectivity index (χ2v) is 6.31. The Hall–Kier alpha value is -3.48. The molecule has 1 aliphatic rings. The molecule has 0 aromatic heterocycles. The lowest BCUT2D eigenvalue weighted by Crippen LogP contribution is -2.43. The predicted octanol–water partition coefficient (Wildman–Crippen LogP) is 2.31. The van der Waals surface area contributed by atoms with Crippen LogP contribution in [0.4, 0.5) is 0 Å². The number of benzene rings is 2. The molecule has 28 heavy (non-hydrogen) atoms. The highest BCUT2D eigenvalue weighted by atomic mass is 16.6. The SMILES string of the molecule is Cc1ccc(OCC(=O)NNC(=O)/C=C/c2ccc3c(c2)OCCO3)cc1C. The minimum absolute atomic E-state index is 0.200. The molecule has 7 nitrogen and oxygen atoms in total. The molecular weight excluding hydrogens is 360 g/mol. The van der Waals surface area contributed by atoms with Crippen LogP contribution in [0.25, 0.3) is 6.08 Å². The highest BCUT2D eigenvalue weighted by Gasteiger charge is 2.11. The maximum absolute atomic E-state index is 11.9. The van der Waals surface area contributed by atoms with E-state index in [1.54, 1.807) is 24.3 Å². The number of nitrogens with one attached hydrogen (secondary N) is 2. The van der Waals surface area contributed by atoms with E-state index in [0.29, 0.717) is 30.5 Å². The number of carbonyl (C=O) groups is 2. The first-order valence-corrected chi connectivity index (χ1v) is 8.88. The molecule has 2 aromatic carbocycles.